The summed E-state index contributed by atoms with van der Waals surface area (Å²) in [6.07, 6.45) is 5.12. The predicted molar refractivity (Wildman–Crippen MR) is 82.3 cm³/mol. The molecule has 0 amide bonds. The Hall–Kier alpha value is -0.610. The summed E-state index contributed by atoms with van der Waals surface area (Å²) < 4.78 is 11.8. The van der Waals surface area contributed by atoms with E-state index in [4.69, 9.17) is 21.1 Å². The second-order valence-electron chi connectivity index (χ2n) is 5.38. The van der Waals surface area contributed by atoms with Crippen molar-refractivity contribution in [2.24, 2.45) is 0 Å². The number of hydrogen-bond donors (Lipinski definition) is 1. The fraction of sp³-hybridized carbons (Fsp3) is 0.625. The maximum absolute atomic E-state index is 6.30. The molecule has 1 saturated carbocycles. The molecule has 0 aliphatic heterocycles. The van der Waals surface area contributed by atoms with Crippen molar-refractivity contribution in [1.29, 1.82) is 0 Å². The fourth-order valence-electron chi connectivity index (χ4n) is 2.78. The molecule has 1 fully saturated rings. The number of likely N-dealkylation sites (N-methyl/N-ethyl adjacent to an activating group) is 1. The van der Waals surface area contributed by atoms with Crippen molar-refractivity contribution in [2.45, 2.75) is 44.0 Å². The second-order valence-corrected chi connectivity index (χ2v) is 5.82. The molecule has 3 atom stereocenters. The van der Waals surface area contributed by atoms with E-state index in [2.05, 4.69) is 5.32 Å². The van der Waals surface area contributed by atoms with Crippen LogP contribution in [0, 0.1) is 0 Å². The van der Waals surface area contributed by atoms with Gasteiger partial charge in [-0.1, -0.05) is 23.7 Å². The Bertz CT molecular complexity index is 396. The van der Waals surface area contributed by atoms with E-state index in [1.165, 1.54) is 12.0 Å². The first kappa shape index (κ1) is 15.8. The van der Waals surface area contributed by atoms with E-state index in [0.717, 1.165) is 30.8 Å². The van der Waals surface area contributed by atoms with E-state index in [0.29, 0.717) is 6.10 Å². The highest BCUT2D eigenvalue weighted by Gasteiger charge is 2.25. The molecule has 1 aromatic carbocycles. The molecule has 1 aliphatic carbocycles. The molecule has 112 valence electrons. The van der Waals surface area contributed by atoms with Crippen LogP contribution in [0.25, 0.3) is 0 Å². The minimum atomic E-state index is 0.0675. The van der Waals surface area contributed by atoms with E-state index in [1.807, 2.05) is 31.3 Å². The van der Waals surface area contributed by atoms with Crippen LogP contribution in [0.5, 0.6) is 0 Å². The number of methoxy groups -OCH3 is 1. The first-order valence-corrected chi connectivity index (χ1v) is 7.69. The van der Waals surface area contributed by atoms with Gasteiger partial charge >= 0.3 is 0 Å². The van der Waals surface area contributed by atoms with Gasteiger partial charge in [-0.3, -0.25) is 0 Å². The van der Waals surface area contributed by atoms with Crippen LogP contribution in [0.3, 0.4) is 0 Å². The number of rotatable bonds is 6. The van der Waals surface area contributed by atoms with Crippen molar-refractivity contribution < 1.29 is 9.47 Å². The first-order chi connectivity index (χ1) is 9.72. The molecule has 0 bridgehead atoms. The topological polar surface area (TPSA) is 30.5 Å². The zero-order chi connectivity index (χ0) is 14.4. The van der Waals surface area contributed by atoms with Crippen LogP contribution < -0.4 is 5.32 Å². The van der Waals surface area contributed by atoms with E-state index >= 15 is 0 Å². The van der Waals surface area contributed by atoms with Crippen LogP contribution in [0.2, 0.25) is 5.02 Å². The van der Waals surface area contributed by atoms with Crippen LogP contribution in [0.4, 0.5) is 0 Å². The molecule has 0 radical (unpaired) electrons. The Kier molecular flexibility index (Phi) is 6.30. The average molecular weight is 298 g/mol. The summed E-state index contributed by atoms with van der Waals surface area (Å²) in [5.41, 5.74) is 1.17. The Balaban J connectivity index is 1.99. The van der Waals surface area contributed by atoms with Gasteiger partial charge in [0.05, 0.1) is 18.3 Å². The molecule has 0 saturated heterocycles. The largest absolute Gasteiger partial charge is 0.381 e. The summed E-state index contributed by atoms with van der Waals surface area (Å²) in [4.78, 5) is 0. The molecule has 1 N–H and O–H groups in total. The van der Waals surface area contributed by atoms with E-state index < -0.39 is 0 Å². The standard InChI is InChI=1S/C16H24ClNO2/c1-18-11-16(12-6-8-13(17)9-7-12)20-15-5-3-4-14(10-15)19-2/h6-9,14-16,18H,3-5,10-11H2,1-2H3. The summed E-state index contributed by atoms with van der Waals surface area (Å²) in [5, 5.41) is 3.96. The third kappa shape index (κ3) is 4.45. The van der Waals surface area contributed by atoms with Crippen molar-refractivity contribution in [3.8, 4) is 0 Å². The van der Waals surface area contributed by atoms with Crippen LogP contribution in [-0.4, -0.2) is 32.9 Å². The molecule has 3 nitrogen and oxygen atoms in total. The van der Waals surface area contributed by atoms with Crippen molar-refractivity contribution in [2.75, 3.05) is 20.7 Å². The Morgan fingerprint density at radius 1 is 1.25 bits per heavy atom. The van der Waals surface area contributed by atoms with Crippen molar-refractivity contribution in [3.63, 3.8) is 0 Å². The van der Waals surface area contributed by atoms with Gasteiger partial charge in [0, 0.05) is 18.7 Å². The van der Waals surface area contributed by atoms with E-state index in [9.17, 15) is 0 Å². The molecule has 1 aromatic rings. The molecule has 3 unspecified atom stereocenters. The Labute approximate surface area is 126 Å². The van der Waals surface area contributed by atoms with Gasteiger partial charge in [-0.15, -0.1) is 0 Å². The SMILES string of the molecule is CNCC(OC1CCCC(OC)C1)c1ccc(Cl)cc1. The molecule has 20 heavy (non-hydrogen) atoms. The number of ether oxygens (including phenoxy) is 2. The van der Waals surface area contributed by atoms with Gasteiger partial charge in [-0.25, -0.2) is 0 Å². The molecule has 2 rings (SSSR count). The third-order valence-electron chi connectivity index (χ3n) is 3.90. The summed E-state index contributed by atoms with van der Waals surface area (Å²) in [7, 11) is 3.74. The van der Waals surface area contributed by atoms with E-state index in [1.54, 1.807) is 7.11 Å². The highest BCUT2D eigenvalue weighted by Crippen LogP contribution is 2.28. The smallest absolute Gasteiger partial charge is 0.0952 e. The van der Waals surface area contributed by atoms with Crippen LogP contribution in [0.1, 0.15) is 37.4 Å². The predicted octanol–water partition coefficient (Wildman–Crippen LogP) is 3.57. The first-order valence-electron chi connectivity index (χ1n) is 7.31. The molecular formula is C16H24ClNO2. The van der Waals surface area contributed by atoms with Gasteiger partial charge in [0.1, 0.15) is 0 Å². The van der Waals surface area contributed by atoms with Crippen LogP contribution >= 0.6 is 11.6 Å². The number of hydrogen-bond acceptors (Lipinski definition) is 3. The molecule has 0 aromatic heterocycles. The number of halogens is 1. The summed E-state index contributed by atoms with van der Waals surface area (Å²) in [6.45, 7) is 0.801. The lowest BCUT2D eigenvalue weighted by Crippen LogP contribution is -2.31. The molecule has 0 heterocycles. The van der Waals surface area contributed by atoms with Crippen molar-refractivity contribution >= 4 is 11.6 Å². The lowest BCUT2D eigenvalue weighted by molar-refractivity contribution is -0.0651. The Morgan fingerprint density at radius 2 is 1.95 bits per heavy atom. The van der Waals surface area contributed by atoms with Crippen LogP contribution in [0.15, 0.2) is 24.3 Å². The maximum atomic E-state index is 6.30. The minimum Gasteiger partial charge on any atom is -0.381 e. The zero-order valence-electron chi connectivity index (χ0n) is 12.3. The number of benzene rings is 1. The normalized spacial score (nSPS) is 24.6. The van der Waals surface area contributed by atoms with Gasteiger partial charge in [0.15, 0.2) is 0 Å². The Morgan fingerprint density at radius 3 is 2.60 bits per heavy atom. The summed E-state index contributed by atoms with van der Waals surface area (Å²) in [6, 6.07) is 7.92. The number of nitrogens with one attached hydrogen (secondary N) is 1. The molecule has 0 spiro atoms. The maximum Gasteiger partial charge on any atom is 0.0952 e. The van der Waals surface area contributed by atoms with E-state index in [-0.39, 0.29) is 12.2 Å². The lowest BCUT2D eigenvalue weighted by Gasteiger charge is -2.31. The lowest BCUT2D eigenvalue weighted by atomic mass is 9.94. The minimum absolute atomic E-state index is 0.0675. The molecule has 1 aliphatic rings. The second kappa shape index (κ2) is 7.99. The van der Waals surface area contributed by atoms with Crippen molar-refractivity contribution in [3.05, 3.63) is 34.9 Å². The van der Waals surface area contributed by atoms with Crippen LogP contribution in [-0.2, 0) is 9.47 Å². The monoisotopic (exact) mass is 297 g/mol. The summed E-state index contributed by atoms with van der Waals surface area (Å²) >= 11 is 5.95. The zero-order valence-corrected chi connectivity index (χ0v) is 13.0. The molecular weight excluding hydrogens is 274 g/mol. The van der Waals surface area contributed by atoms with Gasteiger partial charge in [-0.2, -0.15) is 0 Å². The quantitative estimate of drug-likeness (QED) is 0.870. The van der Waals surface area contributed by atoms with Gasteiger partial charge in [0.2, 0.25) is 0 Å². The van der Waals surface area contributed by atoms with Crippen molar-refractivity contribution in [1.82, 2.24) is 5.32 Å². The highest BCUT2D eigenvalue weighted by atomic mass is 35.5. The summed E-state index contributed by atoms with van der Waals surface area (Å²) in [5.74, 6) is 0. The fourth-order valence-corrected chi connectivity index (χ4v) is 2.91. The van der Waals surface area contributed by atoms with Gasteiger partial charge in [-0.05, 0) is 50.4 Å². The van der Waals surface area contributed by atoms with Gasteiger partial charge in [0.25, 0.3) is 0 Å². The molecule has 4 heteroatoms. The highest BCUT2D eigenvalue weighted by molar-refractivity contribution is 6.30. The average Bonchev–Trinajstić information content (AvgIpc) is 2.48. The van der Waals surface area contributed by atoms with Gasteiger partial charge < -0.3 is 14.8 Å². The third-order valence-corrected chi connectivity index (χ3v) is 4.15.